The summed E-state index contributed by atoms with van der Waals surface area (Å²) in [4.78, 5) is 24.1. The Morgan fingerprint density at radius 1 is 1.04 bits per heavy atom. The molecule has 0 heterocycles. The Labute approximate surface area is 135 Å². The van der Waals surface area contributed by atoms with E-state index in [0.717, 1.165) is 16.7 Å². The smallest absolute Gasteiger partial charge is 0.313 e. The molecule has 0 radical (unpaired) electrons. The molecule has 2 aromatic carbocycles. The highest BCUT2D eigenvalue weighted by Gasteiger charge is 2.19. The van der Waals surface area contributed by atoms with E-state index >= 15 is 0 Å². The van der Waals surface area contributed by atoms with Crippen molar-refractivity contribution in [3.63, 3.8) is 0 Å². The highest BCUT2D eigenvalue weighted by Crippen LogP contribution is 2.16. The van der Waals surface area contributed by atoms with Gasteiger partial charge in [-0.3, -0.25) is 9.59 Å². The van der Waals surface area contributed by atoms with Crippen LogP contribution in [0.25, 0.3) is 0 Å². The van der Waals surface area contributed by atoms with E-state index in [-0.39, 0.29) is 6.61 Å². The Hall–Kier alpha value is -2.66. The minimum atomic E-state index is -0.784. The number of hydrogen-bond acceptors (Lipinski definition) is 3. The van der Waals surface area contributed by atoms with E-state index in [1.165, 1.54) is 0 Å². The molecule has 2 amide bonds. The molecule has 0 bridgehead atoms. The second-order valence-electron chi connectivity index (χ2n) is 5.39. The molecular formula is C18H20N2O3. The van der Waals surface area contributed by atoms with E-state index < -0.39 is 17.9 Å². The molecule has 0 fully saturated rings. The normalized spacial score (nSPS) is 11.6. The zero-order valence-corrected chi connectivity index (χ0v) is 13.2. The van der Waals surface area contributed by atoms with Crippen molar-refractivity contribution >= 4 is 17.5 Å². The summed E-state index contributed by atoms with van der Waals surface area (Å²) in [6.07, 6.45) is 0. The van der Waals surface area contributed by atoms with Crippen LogP contribution in [0.3, 0.4) is 0 Å². The van der Waals surface area contributed by atoms with E-state index in [2.05, 4.69) is 10.6 Å². The Bertz CT molecular complexity index is 699. The van der Waals surface area contributed by atoms with Gasteiger partial charge in [-0.25, -0.2) is 0 Å². The van der Waals surface area contributed by atoms with E-state index in [4.69, 9.17) is 0 Å². The molecule has 1 atom stereocenters. The van der Waals surface area contributed by atoms with Gasteiger partial charge in [0, 0.05) is 5.69 Å². The standard InChI is InChI=1S/C18H20N2O3/c1-12-8-9-13(2)15(10-12)19-17(22)18(23)20-16(11-21)14-6-4-3-5-7-14/h3-10,16,21H,11H2,1-2H3,(H,19,22)(H,20,23)/t16-/m1/s1. The van der Waals surface area contributed by atoms with Crippen molar-refractivity contribution in [1.82, 2.24) is 5.32 Å². The molecule has 0 aromatic heterocycles. The number of amides is 2. The second-order valence-corrected chi connectivity index (χ2v) is 5.39. The molecule has 2 rings (SSSR count). The monoisotopic (exact) mass is 312 g/mol. The predicted molar refractivity (Wildman–Crippen MR) is 89.0 cm³/mol. The van der Waals surface area contributed by atoms with Gasteiger partial charge in [-0.15, -0.1) is 0 Å². The summed E-state index contributed by atoms with van der Waals surface area (Å²) in [6.45, 7) is 3.48. The van der Waals surface area contributed by atoms with Gasteiger partial charge in [0.25, 0.3) is 0 Å². The fourth-order valence-electron chi connectivity index (χ4n) is 2.19. The third-order valence-corrected chi connectivity index (χ3v) is 3.54. The number of aliphatic hydroxyl groups excluding tert-OH is 1. The summed E-state index contributed by atoms with van der Waals surface area (Å²) < 4.78 is 0. The van der Waals surface area contributed by atoms with Gasteiger partial charge in [0.1, 0.15) is 0 Å². The summed E-state index contributed by atoms with van der Waals surface area (Å²) in [6, 6.07) is 14.0. The average Bonchev–Trinajstić information content (AvgIpc) is 2.56. The average molecular weight is 312 g/mol. The molecule has 120 valence electrons. The van der Waals surface area contributed by atoms with Crippen molar-refractivity contribution in [2.24, 2.45) is 0 Å². The molecule has 5 heteroatoms. The van der Waals surface area contributed by atoms with Gasteiger partial charge < -0.3 is 15.7 Å². The first-order valence-electron chi connectivity index (χ1n) is 7.36. The van der Waals surface area contributed by atoms with Gasteiger partial charge >= 0.3 is 11.8 Å². The Morgan fingerprint density at radius 3 is 2.39 bits per heavy atom. The first-order chi connectivity index (χ1) is 11.0. The molecule has 2 aromatic rings. The lowest BCUT2D eigenvalue weighted by Gasteiger charge is -2.16. The third kappa shape index (κ3) is 4.40. The number of aryl methyl sites for hydroxylation is 2. The van der Waals surface area contributed by atoms with Crippen LogP contribution >= 0.6 is 0 Å². The maximum atomic E-state index is 12.1. The molecular weight excluding hydrogens is 292 g/mol. The number of nitrogens with one attached hydrogen (secondary N) is 2. The molecule has 3 N–H and O–H groups in total. The third-order valence-electron chi connectivity index (χ3n) is 3.54. The molecule has 5 nitrogen and oxygen atoms in total. The van der Waals surface area contributed by atoms with Crippen molar-refractivity contribution in [3.8, 4) is 0 Å². The Kier molecular flexibility index (Phi) is 5.49. The van der Waals surface area contributed by atoms with Crippen LogP contribution in [0, 0.1) is 13.8 Å². The lowest BCUT2D eigenvalue weighted by molar-refractivity contribution is -0.136. The first-order valence-corrected chi connectivity index (χ1v) is 7.36. The summed E-state index contributed by atoms with van der Waals surface area (Å²) in [5.74, 6) is -1.54. The summed E-state index contributed by atoms with van der Waals surface area (Å²) in [5.41, 5.74) is 3.20. The van der Waals surface area contributed by atoms with Gasteiger partial charge in [-0.2, -0.15) is 0 Å². The number of carbonyl (C=O) groups excluding carboxylic acids is 2. The molecule has 0 unspecified atom stereocenters. The molecule has 0 spiro atoms. The van der Waals surface area contributed by atoms with Crippen molar-refractivity contribution in [1.29, 1.82) is 0 Å². The SMILES string of the molecule is Cc1ccc(C)c(NC(=O)C(=O)N[C@H](CO)c2ccccc2)c1. The van der Waals surface area contributed by atoms with Crippen LogP contribution in [-0.2, 0) is 9.59 Å². The highest BCUT2D eigenvalue weighted by atomic mass is 16.3. The summed E-state index contributed by atoms with van der Waals surface area (Å²) in [7, 11) is 0. The van der Waals surface area contributed by atoms with Crippen molar-refractivity contribution < 1.29 is 14.7 Å². The van der Waals surface area contributed by atoms with Crippen LogP contribution < -0.4 is 10.6 Å². The van der Waals surface area contributed by atoms with Crippen LogP contribution in [0.5, 0.6) is 0 Å². The number of hydrogen-bond donors (Lipinski definition) is 3. The van der Waals surface area contributed by atoms with E-state index in [0.29, 0.717) is 5.69 Å². The minimum Gasteiger partial charge on any atom is -0.394 e. The van der Waals surface area contributed by atoms with Crippen molar-refractivity contribution in [2.75, 3.05) is 11.9 Å². The van der Waals surface area contributed by atoms with Crippen molar-refractivity contribution in [3.05, 3.63) is 65.2 Å². The number of aliphatic hydroxyl groups is 1. The van der Waals surface area contributed by atoms with Crippen LogP contribution in [-0.4, -0.2) is 23.5 Å². The molecule has 0 aliphatic carbocycles. The summed E-state index contributed by atoms with van der Waals surface area (Å²) >= 11 is 0. The lowest BCUT2D eigenvalue weighted by atomic mass is 10.1. The zero-order valence-electron chi connectivity index (χ0n) is 13.2. The fraction of sp³-hybridized carbons (Fsp3) is 0.222. The van der Waals surface area contributed by atoms with Gasteiger partial charge in [0.05, 0.1) is 12.6 Å². The van der Waals surface area contributed by atoms with Crippen molar-refractivity contribution in [2.45, 2.75) is 19.9 Å². The van der Waals surface area contributed by atoms with Crippen LogP contribution in [0.1, 0.15) is 22.7 Å². The quantitative estimate of drug-likeness (QED) is 0.757. The highest BCUT2D eigenvalue weighted by molar-refractivity contribution is 6.39. The zero-order chi connectivity index (χ0) is 16.8. The van der Waals surface area contributed by atoms with Gasteiger partial charge in [0.15, 0.2) is 0 Å². The van der Waals surface area contributed by atoms with Gasteiger partial charge in [-0.05, 0) is 36.6 Å². The van der Waals surface area contributed by atoms with Gasteiger partial charge in [0.2, 0.25) is 0 Å². The number of benzene rings is 2. The second kappa shape index (κ2) is 7.56. The minimum absolute atomic E-state index is 0.285. The van der Waals surface area contributed by atoms with Crippen LogP contribution in [0.4, 0.5) is 5.69 Å². The molecule has 0 aliphatic rings. The van der Waals surface area contributed by atoms with E-state index in [9.17, 15) is 14.7 Å². The maximum absolute atomic E-state index is 12.1. The number of anilines is 1. The largest absolute Gasteiger partial charge is 0.394 e. The predicted octanol–water partition coefficient (Wildman–Crippen LogP) is 2.09. The molecule has 23 heavy (non-hydrogen) atoms. The van der Waals surface area contributed by atoms with Gasteiger partial charge in [-0.1, -0.05) is 42.5 Å². The Morgan fingerprint density at radius 2 is 1.74 bits per heavy atom. The Balaban J connectivity index is 2.05. The van der Waals surface area contributed by atoms with E-state index in [1.807, 2.05) is 32.0 Å². The molecule has 0 aliphatic heterocycles. The lowest BCUT2D eigenvalue weighted by Crippen LogP contribution is -2.39. The topological polar surface area (TPSA) is 78.4 Å². The summed E-state index contributed by atoms with van der Waals surface area (Å²) in [5, 5.41) is 14.6. The maximum Gasteiger partial charge on any atom is 0.313 e. The number of carbonyl (C=O) groups is 2. The molecule has 0 saturated carbocycles. The number of rotatable bonds is 4. The van der Waals surface area contributed by atoms with Crippen LogP contribution in [0.2, 0.25) is 0 Å². The van der Waals surface area contributed by atoms with E-state index in [1.54, 1.807) is 30.3 Å². The van der Waals surface area contributed by atoms with Crippen LogP contribution in [0.15, 0.2) is 48.5 Å². The fourth-order valence-corrected chi connectivity index (χ4v) is 2.19. The first kappa shape index (κ1) is 16.7. The molecule has 0 saturated heterocycles.